The smallest absolute Gasteiger partial charge is 0.419 e. The maximum atomic E-state index is 13.4. The Hall–Kier alpha value is -2.32. The Morgan fingerprint density at radius 1 is 1.19 bits per heavy atom. The number of ether oxygens (including phenoxy) is 1. The van der Waals surface area contributed by atoms with Gasteiger partial charge in [0.1, 0.15) is 17.5 Å². The number of hydrogen-bond acceptors (Lipinski definition) is 3. The van der Waals surface area contributed by atoms with Gasteiger partial charge in [0, 0.05) is 12.2 Å². The predicted molar refractivity (Wildman–Crippen MR) is 90.6 cm³/mol. The largest absolute Gasteiger partial charge is 0.444 e. The highest BCUT2D eigenvalue weighted by molar-refractivity contribution is 5.96. The molecule has 1 N–H and O–H groups in total. The van der Waals surface area contributed by atoms with Gasteiger partial charge in [-0.1, -0.05) is 0 Å². The minimum atomic E-state index is -4.88. The zero-order valence-electron chi connectivity index (χ0n) is 15.3. The van der Waals surface area contributed by atoms with E-state index in [1.165, 1.54) is 4.90 Å². The second kappa shape index (κ2) is 7.74. The first-order valence-corrected chi connectivity index (χ1v) is 8.56. The van der Waals surface area contributed by atoms with Gasteiger partial charge in [0.25, 0.3) is 0 Å². The number of carbonyl (C=O) groups excluding carboxylic acids is 2. The fourth-order valence-corrected chi connectivity index (χ4v) is 2.79. The maximum absolute atomic E-state index is 13.4. The molecule has 1 atom stereocenters. The van der Waals surface area contributed by atoms with Crippen molar-refractivity contribution in [3.05, 3.63) is 29.6 Å². The summed E-state index contributed by atoms with van der Waals surface area (Å²) in [5.74, 6) is -2.06. The van der Waals surface area contributed by atoms with Gasteiger partial charge in [-0.2, -0.15) is 13.2 Å². The molecule has 1 saturated heterocycles. The van der Waals surface area contributed by atoms with Crippen LogP contribution in [0.5, 0.6) is 0 Å². The molecule has 0 bridgehead atoms. The van der Waals surface area contributed by atoms with Crippen LogP contribution >= 0.6 is 0 Å². The van der Waals surface area contributed by atoms with Crippen LogP contribution in [0.1, 0.15) is 45.6 Å². The van der Waals surface area contributed by atoms with Gasteiger partial charge in [-0.25, -0.2) is 9.18 Å². The van der Waals surface area contributed by atoms with Crippen LogP contribution in [0.4, 0.5) is 28.0 Å². The molecule has 2 amide bonds. The fraction of sp³-hybridized carbons (Fsp3) is 0.556. The average Bonchev–Trinajstić information content (AvgIpc) is 2.54. The summed E-state index contributed by atoms with van der Waals surface area (Å²) in [5.41, 5.74) is -2.40. The van der Waals surface area contributed by atoms with Gasteiger partial charge in [-0.3, -0.25) is 9.69 Å². The number of anilines is 1. The van der Waals surface area contributed by atoms with E-state index < -0.39 is 41.2 Å². The molecule has 1 fully saturated rings. The van der Waals surface area contributed by atoms with Crippen LogP contribution in [0.25, 0.3) is 0 Å². The SMILES string of the molecule is CC(C)(C)OC(=O)N1CCCCC1C(=O)Nc1ccc(F)c(C(F)(F)F)c1. The molecule has 27 heavy (non-hydrogen) atoms. The Labute approximate surface area is 154 Å². The van der Waals surface area contributed by atoms with Crippen LogP contribution in [0.2, 0.25) is 0 Å². The van der Waals surface area contributed by atoms with Crippen molar-refractivity contribution in [1.82, 2.24) is 4.90 Å². The van der Waals surface area contributed by atoms with Crippen molar-refractivity contribution in [1.29, 1.82) is 0 Å². The van der Waals surface area contributed by atoms with E-state index in [-0.39, 0.29) is 5.69 Å². The first-order valence-electron chi connectivity index (χ1n) is 8.56. The molecule has 5 nitrogen and oxygen atoms in total. The summed E-state index contributed by atoms with van der Waals surface area (Å²) >= 11 is 0. The molecular weight excluding hydrogens is 368 g/mol. The summed E-state index contributed by atoms with van der Waals surface area (Å²) in [6.45, 7) is 5.40. The molecule has 1 heterocycles. The second-order valence-corrected chi connectivity index (χ2v) is 7.37. The molecule has 9 heteroatoms. The van der Waals surface area contributed by atoms with Crippen molar-refractivity contribution in [3.8, 4) is 0 Å². The van der Waals surface area contributed by atoms with E-state index in [1.54, 1.807) is 20.8 Å². The van der Waals surface area contributed by atoms with Gasteiger partial charge < -0.3 is 10.1 Å². The number of hydrogen-bond donors (Lipinski definition) is 1. The zero-order valence-corrected chi connectivity index (χ0v) is 15.3. The van der Waals surface area contributed by atoms with E-state index in [0.29, 0.717) is 37.9 Å². The lowest BCUT2D eigenvalue weighted by Gasteiger charge is -2.35. The summed E-state index contributed by atoms with van der Waals surface area (Å²) in [6.07, 6.45) is -3.79. The van der Waals surface area contributed by atoms with Crippen LogP contribution in [0, 0.1) is 5.82 Å². The predicted octanol–water partition coefficient (Wildman–Crippen LogP) is 4.57. The molecule has 0 saturated carbocycles. The van der Waals surface area contributed by atoms with Crippen molar-refractivity contribution in [2.45, 2.75) is 57.9 Å². The van der Waals surface area contributed by atoms with Crippen LogP contribution in [-0.4, -0.2) is 35.1 Å². The van der Waals surface area contributed by atoms with Crippen molar-refractivity contribution >= 4 is 17.7 Å². The molecule has 0 aromatic heterocycles. The summed E-state index contributed by atoms with van der Waals surface area (Å²) in [7, 11) is 0. The number of amides is 2. The van der Waals surface area contributed by atoms with Crippen LogP contribution in [0.3, 0.4) is 0 Å². The quantitative estimate of drug-likeness (QED) is 0.753. The molecule has 1 aliphatic rings. The molecule has 150 valence electrons. The maximum Gasteiger partial charge on any atom is 0.419 e. The third kappa shape index (κ3) is 5.58. The van der Waals surface area contributed by atoms with Crippen molar-refractivity contribution in [2.75, 3.05) is 11.9 Å². The van der Waals surface area contributed by atoms with E-state index in [0.717, 1.165) is 6.07 Å². The van der Waals surface area contributed by atoms with E-state index in [4.69, 9.17) is 4.74 Å². The number of carbonyl (C=O) groups is 2. The van der Waals surface area contributed by atoms with Crippen molar-refractivity contribution in [3.63, 3.8) is 0 Å². The Morgan fingerprint density at radius 2 is 1.85 bits per heavy atom. The van der Waals surface area contributed by atoms with Crippen LogP contribution in [-0.2, 0) is 15.7 Å². The molecule has 1 aliphatic heterocycles. The Bertz CT molecular complexity index is 714. The number of benzene rings is 1. The Kier molecular flexibility index (Phi) is 6.01. The number of nitrogens with zero attached hydrogens (tertiary/aromatic N) is 1. The second-order valence-electron chi connectivity index (χ2n) is 7.37. The molecular formula is C18H22F4N2O3. The third-order valence-electron chi connectivity index (χ3n) is 3.97. The van der Waals surface area contributed by atoms with E-state index in [9.17, 15) is 27.2 Å². The molecule has 1 aromatic rings. The van der Waals surface area contributed by atoms with Gasteiger partial charge in [-0.15, -0.1) is 0 Å². The van der Waals surface area contributed by atoms with Crippen LogP contribution in [0.15, 0.2) is 18.2 Å². The lowest BCUT2D eigenvalue weighted by molar-refractivity contribution is -0.140. The molecule has 0 spiro atoms. The van der Waals surface area contributed by atoms with E-state index in [1.807, 2.05) is 0 Å². The summed E-state index contributed by atoms with van der Waals surface area (Å²) in [5, 5.41) is 2.34. The van der Waals surface area contributed by atoms with Gasteiger partial charge in [0.2, 0.25) is 5.91 Å². The molecule has 1 aromatic carbocycles. The van der Waals surface area contributed by atoms with Gasteiger partial charge in [0.15, 0.2) is 0 Å². The minimum absolute atomic E-state index is 0.191. The zero-order chi connectivity index (χ0) is 20.4. The molecule has 0 radical (unpaired) electrons. The lowest BCUT2D eigenvalue weighted by Crippen LogP contribution is -2.51. The number of piperidine rings is 1. The number of nitrogens with one attached hydrogen (secondary N) is 1. The van der Waals surface area contributed by atoms with Crippen molar-refractivity contribution in [2.24, 2.45) is 0 Å². The number of halogens is 4. The summed E-state index contributed by atoms with van der Waals surface area (Å²) < 4.78 is 57.1. The number of likely N-dealkylation sites (tertiary alicyclic amines) is 1. The van der Waals surface area contributed by atoms with Crippen LogP contribution < -0.4 is 5.32 Å². The molecule has 0 aliphatic carbocycles. The van der Waals surface area contributed by atoms with Gasteiger partial charge >= 0.3 is 12.3 Å². The molecule has 1 unspecified atom stereocenters. The highest BCUT2D eigenvalue weighted by Crippen LogP contribution is 2.33. The molecule has 2 rings (SSSR count). The normalized spacial score (nSPS) is 18.2. The standard InChI is InChI=1S/C18H22F4N2O3/c1-17(2,3)27-16(26)24-9-5-4-6-14(24)15(25)23-11-7-8-13(19)12(10-11)18(20,21)22/h7-8,10,14H,4-6,9H2,1-3H3,(H,23,25). The van der Waals surface area contributed by atoms with Gasteiger partial charge in [-0.05, 0) is 58.2 Å². The topological polar surface area (TPSA) is 58.6 Å². The highest BCUT2D eigenvalue weighted by atomic mass is 19.4. The van der Waals surface area contributed by atoms with E-state index >= 15 is 0 Å². The van der Waals surface area contributed by atoms with Gasteiger partial charge in [0.05, 0.1) is 5.56 Å². The summed E-state index contributed by atoms with van der Waals surface area (Å²) in [6, 6.07) is 1.36. The monoisotopic (exact) mass is 390 g/mol. The Morgan fingerprint density at radius 3 is 2.44 bits per heavy atom. The third-order valence-corrected chi connectivity index (χ3v) is 3.97. The number of alkyl halides is 3. The summed E-state index contributed by atoms with van der Waals surface area (Å²) in [4.78, 5) is 26.2. The highest BCUT2D eigenvalue weighted by Gasteiger charge is 2.36. The first-order chi connectivity index (χ1) is 12.4. The fourth-order valence-electron chi connectivity index (χ4n) is 2.79. The van der Waals surface area contributed by atoms with Crippen molar-refractivity contribution < 1.29 is 31.9 Å². The number of rotatable bonds is 2. The average molecular weight is 390 g/mol. The minimum Gasteiger partial charge on any atom is -0.444 e. The first kappa shape index (κ1) is 21.0. The van der Waals surface area contributed by atoms with E-state index in [2.05, 4.69) is 5.32 Å². The Balaban J connectivity index is 2.17. The lowest BCUT2D eigenvalue weighted by atomic mass is 10.0.